The summed E-state index contributed by atoms with van der Waals surface area (Å²) in [5.41, 5.74) is 0. The molecule has 1 aromatic carbocycles. The SMILES string of the molecule is O=C(COc1cccc(Br)c1)NC(CC(F)(F)F)C(=O)O. The average molecular weight is 370 g/mol. The summed E-state index contributed by atoms with van der Waals surface area (Å²) in [4.78, 5) is 22.1. The summed E-state index contributed by atoms with van der Waals surface area (Å²) in [6, 6.07) is 4.42. The first kappa shape index (κ1) is 17.3. The molecule has 0 saturated heterocycles. The Labute approximate surface area is 126 Å². The number of ether oxygens (including phenoxy) is 1. The van der Waals surface area contributed by atoms with E-state index in [4.69, 9.17) is 9.84 Å². The highest BCUT2D eigenvalue weighted by Crippen LogP contribution is 2.21. The van der Waals surface area contributed by atoms with Gasteiger partial charge in [0, 0.05) is 4.47 Å². The predicted molar refractivity (Wildman–Crippen MR) is 69.9 cm³/mol. The molecule has 0 aliphatic carbocycles. The molecule has 0 spiro atoms. The van der Waals surface area contributed by atoms with Gasteiger partial charge in [-0.2, -0.15) is 13.2 Å². The van der Waals surface area contributed by atoms with Crippen LogP contribution in [0.2, 0.25) is 0 Å². The van der Waals surface area contributed by atoms with Gasteiger partial charge in [0.1, 0.15) is 11.8 Å². The van der Waals surface area contributed by atoms with Crippen molar-refractivity contribution in [2.75, 3.05) is 6.61 Å². The smallest absolute Gasteiger partial charge is 0.391 e. The third-order valence-corrected chi connectivity index (χ3v) is 2.73. The molecule has 1 rings (SSSR count). The second-order valence-electron chi connectivity index (χ2n) is 4.02. The molecular formula is C12H11BrF3NO4. The van der Waals surface area contributed by atoms with E-state index in [1.807, 2.05) is 0 Å². The number of carboxylic acid groups (broad SMARTS) is 1. The van der Waals surface area contributed by atoms with Crippen LogP contribution >= 0.6 is 15.9 Å². The highest BCUT2D eigenvalue weighted by Gasteiger charge is 2.36. The number of rotatable bonds is 6. The Hall–Kier alpha value is -1.77. The van der Waals surface area contributed by atoms with Gasteiger partial charge in [0.25, 0.3) is 5.91 Å². The minimum absolute atomic E-state index is 0.322. The van der Waals surface area contributed by atoms with Gasteiger partial charge in [-0.25, -0.2) is 4.79 Å². The van der Waals surface area contributed by atoms with Gasteiger partial charge in [-0.1, -0.05) is 22.0 Å². The number of carbonyl (C=O) groups is 2. The summed E-state index contributed by atoms with van der Waals surface area (Å²) in [7, 11) is 0. The van der Waals surface area contributed by atoms with Crippen molar-refractivity contribution < 1.29 is 32.6 Å². The van der Waals surface area contributed by atoms with Crippen molar-refractivity contribution >= 4 is 27.8 Å². The second-order valence-corrected chi connectivity index (χ2v) is 4.94. The molecular weight excluding hydrogens is 359 g/mol. The molecule has 0 heterocycles. The highest BCUT2D eigenvalue weighted by atomic mass is 79.9. The fourth-order valence-corrected chi connectivity index (χ4v) is 1.75. The van der Waals surface area contributed by atoms with Crippen molar-refractivity contribution in [3.8, 4) is 5.75 Å². The number of aliphatic carboxylic acids is 1. The number of carbonyl (C=O) groups excluding carboxylic acids is 1. The lowest BCUT2D eigenvalue weighted by Gasteiger charge is -2.16. The Morgan fingerprint density at radius 2 is 2.05 bits per heavy atom. The van der Waals surface area contributed by atoms with Crippen molar-refractivity contribution in [3.05, 3.63) is 28.7 Å². The maximum Gasteiger partial charge on any atom is 0.391 e. The lowest BCUT2D eigenvalue weighted by Crippen LogP contribution is -2.45. The van der Waals surface area contributed by atoms with Gasteiger partial charge in [0.15, 0.2) is 6.61 Å². The van der Waals surface area contributed by atoms with E-state index in [1.165, 1.54) is 0 Å². The van der Waals surface area contributed by atoms with E-state index < -0.39 is 37.1 Å². The summed E-state index contributed by atoms with van der Waals surface area (Å²) in [6.07, 6.45) is -6.34. The first-order valence-corrected chi connectivity index (χ1v) is 6.44. The Kier molecular flexibility index (Phi) is 6.01. The van der Waals surface area contributed by atoms with E-state index in [-0.39, 0.29) is 0 Å². The first-order chi connectivity index (χ1) is 9.67. The van der Waals surface area contributed by atoms with Gasteiger partial charge in [-0.05, 0) is 18.2 Å². The number of benzene rings is 1. The van der Waals surface area contributed by atoms with Crippen LogP contribution < -0.4 is 10.1 Å². The quantitative estimate of drug-likeness (QED) is 0.806. The largest absolute Gasteiger partial charge is 0.484 e. The van der Waals surface area contributed by atoms with Crippen LogP contribution in [0, 0.1) is 0 Å². The van der Waals surface area contributed by atoms with Crippen LogP contribution in [0.1, 0.15) is 6.42 Å². The van der Waals surface area contributed by atoms with Crippen LogP contribution in [-0.2, 0) is 9.59 Å². The number of amides is 1. The normalized spacial score (nSPS) is 12.6. The molecule has 2 N–H and O–H groups in total. The zero-order valence-electron chi connectivity index (χ0n) is 10.5. The standard InChI is InChI=1S/C12H11BrF3NO4/c13-7-2-1-3-8(4-7)21-6-10(18)17-9(11(19)20)5-12(14,15)16/h1-4,9H,5-6H2,(H,17,18)(H,19,20). The van der Waals surface area contributed by atoms with Gasteiger partial charge in [-0.3, -0.25) is 4.79 Å². The lowest BCUT2D eigenvalue weighted by molar-refractivity contribution is -0.160. The molecule has 0 aliphatic heterocycles. The van der Waals surface area contributed by atoms with Crippen molar-refractivity contribution in [3.63, 3.8) is 0 Å². The minimum atomic E-state index is -4.69. The van der Waals surface area contributed by atoms with Crippen LogP contribution in [-0.4, -0.2) is 35.8 Å². The molecule has 0 saturated carbocycles. The van der Waals surface area contributed by atoms with Crippen molar-refractivity contribution in [1.82, 2.24) is 5.32 Å². The second kappa shape index (κ2) is 7.30. The summed E-state index contributed by atoms with van der Waals surface area (Å²) in [5.74, 6) is -2.39. The molecule has 1 amide bonds. The number of halogens is 4. The monoisotopic (exact) mass is 369 g/mol. The van der Waals surface area contributed by atoms with E-state index in [0.29, 0.717) is 10.2 Å². The molecule has 9 heteroatoms. The third kappa shape index (κ3) is 6.98. The summed E-state index contributed by atoms with van der Waals surface area (Å²) >= 11 is 3.18. The summed E-state index contributed by atoms with van der Waals surface area (Å²) < 4.78 is 42.2. The molecule has 116 valence electrons. The molecule has 1 unspecified atom stereocenters. The summed E-state index contributed by atoms with van der Waals surface area (Å²) in [6.45, 7) is -0.585. The molecule has 0 radical (unpaired) electrons. The van der Waals surface area contributed by atoms with Gasteiger partial charge < -0.3 is 15.2 Å². The van der Waals surface area contributed by atoms with Gasteiger partial charge >= 0.3 is 12.1 Å². The van der Waals surface area contributed by atoms with Crippen LogP contribution in [0.5, 0.6) is 5.75 Å². The zero-order chi connectivity index (χ0) is 16.0. The molecule has 0 aromatic heterocycles. The molecule has 0 bridgehead atoms. The average Bonchev–Trinajstić information content (AvgIpc) is 2.34. The van der Waals surface area contributed by atoms with Crippen LogP contribution in [0.25, 0.3) is 0 Å². The maximum atomic E-state index is 12.2. The fourth-order valence-electron chi connectivity index (χ4n) is 1.37. The van der Waals surface area contributed by atoms with Crippen molar-refractivity contribution in [2.45, 2.75) is 18.6 Å². The van der Waals surface area contributed by atoms with E-state index in [1.54, 1.807) is 29.6 Å². The summed E-state index contributed by atoms with van der Waals surface area (Å²) in [5, 5.41) is 10.4. The Bertz CT molecular complexity index is 521. The van der Waals surface area contributed by atoms with Crippen LogP contribution in [0.3, 0.4) is 0 Å². The molecule has 0 fully saturated rings. The Morgan fingerprint density at radius 1 is 1.38 bits per heavy atom. The highest BCUT2D eigenvalue weighted by molar-refractivity contribution is 9.10. The number of hydrogen-bond acceptors (Lipinski definition) is 3. The van der Waals surface area contributed by atoms with Crippen molar-refractivity contribution in [2.24, 2.45) is 0 Å². The molecule has 1 atom stereocenters. The van der Waals surface area contributed by atoms with Gasteiger partial charge in [0.05, 0.1) is 6.42 Å². The minimum Gasteiger partial charge on any atom is -0.484 e. The van der Waals surface area contributed by atoms with Gasteiger partial charge in [-0.15, -0.1) is 0 Å². The maximum absolute atomic E-state index is 12.2. The number of hydrogen-bond donors (Lipinski definition) is 2. The molecule has 5 nitrogen and oxygen atoms in total. The lowest BCUT2D eigenvalue weighted by atomic mass is 10.2. The van der Waals surface area contributed by atoms with Crippen LogP contribution in [0.4, 0.5) is 13.2 Å². The van der Waals surface area contributed by atoms with E-state index in [2.05, 4.69) is 15.9 Å². The first-order valence-electron chi connectivity index (χ1n) is 5.64. The number of alkyl halides is 3. The molecule has 0 aliphatic rings. The van der Waals surface area contributed by atoms with E-state index in [9.17, 15) is 22.8 Å². The third-order valence-electron chi connectivity index (χ3n) is 2.23. The Morgan fingerprint density at radius 3 is 2.57 bits per heavy atom. The molecule has 21 heavy (non-hydrogen) atoms. The van der Waals surface area contributed by atoms with E-state index in [0.717, 1.165) is 0 Å². The zero-order valence-corrected chi connectivity index (χ0v) is 12.1. The van der Waals surface area contributed by atoms with Gasteiger partial charge in [0.2, 0.25) is 0 Å². The Balaban J connectivity index is 2.53. The van der Waals surface area contributed by atoms with Crippen LogP contribution in [0.15, 0.2) is 28.7 Å². The van der Waals surface area contributed by atoms with Crippen molar-refractivity contribution in [1.29, 1.82) is 0 Å². The predicted octanol–water partition coefficient (Wildman–Crippen LogP) is 2.35. The fraction of sp³-hybridized carbons (Fsp3) is 0.333. The topological polar surface area (TPSA) is 75.6 Å². The number of carboxylic acids is 1. The molecule has 1 aromatic rings. The number of nitrogens with one attached hydrogen (secondary N) is 1. The van der Waals surface area contributed by atoms with E-state index >= 15 is 0 Å².